The Morgan fingerprint density at radius 2 is 2.06 bits per heavy atom. The number of piperidine rings is 1. The van der Waals surface area contributed by atoms with Gasteiger partial charge in [-0.15, -0.1) is 24.2 Å². The van der Waals surface area contributed by atoms with Crippen molar-refractivity contribution < 1.29 is 4.79 Å². The molecule has 0 aromatic rings. The summed E-state index contributed by atoms with van der Waals surface area (Å²) in [7, 11) is 0. The maximum Gasteiger partial charge on any atom is 0.235 e. The van der Waals surface area contributed by atoms with Crippen LogP contribution < -0.4 is 5.73 Å². The van der Waals surface area contributed by atoms with Crippen LogP contribution in [-0.2, 0) is 4.79 Å². The quantitative estimate of drug-likeness (QED) is 0.786. The average Bonchev–Trinajstić information content (AvgIpc) is 2.29. The Hall–Kier alpha value is 0.0700. The second kappa shape index (κ2) is 9.06. The highest BCUT2D eigenvalue weighted by Crippen LogP contribution is 2.18. The van der Waals surface area contributed by atoms with Crippen molar-refractivity contribution in [3.63, 3.8) is 0 Å². The standard InChI is InChI=1S/C12H24N2OS.ClH/c1-3-4-9-16-10(2)12(15)14-7-5-11(13)6-8-14;/h10-11H,3-9,13H2,1-2H3;1H. The third-order valence-electron chi connectivity index (χ3n) is 3.06. The molecule has 2 N–H and O–H groups in total. The van der Waals surface area contributed by atoms with Gasteiger partial charge in [-0.3, -0.25) is 4.79 Å². The number of carbonyl (C=O) groups is 1. The van der Waals surface area contributed by atoms with E-state index in [4.69, 9.17) is 5.73 Å². The maximum absolute atomic E-state index is 12.1. The number of hydrogen-bond donors (Lipinski definition) is 1. The first-order valence-corrected chi connectivity index (χ1v) is 7.36. The van der Waals surface area contributed by atoms with Crippen molar-refractivity contribution in [2.45, 2.75) is 50.8 Å². The minimum absolute atomic E-state index is 0. The largest absolute Gasteiger partial charge is 0.342 e. The molecule has 1 aliphatic rings. The van der Waals surface area contributed by atoms with Gasteiger partial charge < -0.3 is 10.6 Å². The van der Waals surface area contributed by atoms with Crippen LogP contribution in [0.1, 0.15) is 39.5 Å². The number of unbranched alkanes of at least 4 members (excludes halogenated alkanes) is 1. The van der Waals surface area contributed by atoms with Crippen LogP contribution in [0.15, 0.2) is 0 Å². The van der Waals surface area contributed by atoms with Crippen LogP contribution in [0.3, 0.4) is 0 Å². The van der Waals surface area contributed by atoms with E-state index in [0.717, 1.165) is 31.7 Å². The lowest BCUT2D eigenvalue weighted by Gasteiger charge is -2.31. The van der Waals surface area contributed by atoms with Crippen molar-refractivity contribution in [3.05, 3.63) is 0 Å². The minimum Gasteiger partial charge on any atom is -0.342 e. The Morgan fingerprint density at radius 1 is 1.47 bits per heavy atom. The highest BCUT2D eigenvalue weighted by molar-refractivity contribution is 8.00. The van der Waals surface area contributed by atoms with E-state index >= 15 is 0 Å². The van der Waals surface area contributed by atoms with Gasteiger partial charge in [0.2, 0.25) is 5.91 Å². The van der Waals surface area contributed by atoms with Gasteiger partial charge in [0.15, 0.2) is 0 Å². The first-order chi connectivity index (χ1) is 7.65. The molecule has 1 aliphatic heterocycles. The SMILES string of the molecule is CCCCSC(C)C(=O)N1CCC(N)CC1.Cl. The van der Waals surface area contributed by atoms with Crippen molar-refractivity contribution in [2.75, 3.05) is 18.8 Å². The molecule has 0 saturated carbocycles. The molecule has 102 valence electrons. The van der Waals surface area contributed by atoms with Crippen LogP contribution in [0, 0.1) is 0 Å². The summed E-state index contributed by atoms with van der Waals surface area (Å²) in [6, 6.07) is 0.298. The first kappa shape index (κ1) is 17.1. The van der Waals surface area contributed by atoms with Crippen LogP contribution in [0.4, 0.5) is 0 Å². The van der Waals surface area contributed by atoms with Gasteiger partial charge in [-0.2, -0.15) is 0 Å². The molecule has 0 aliphatic carbocycles. The van der Waals surface area contributed by atoms with Crippen molar-refractivity contribution >= 4 is 30.1 Å². The molecule has 1 rings (SSSR count). The van der Waals surface area contributed by atoms with Crippen molar-refractivity contribution in [3.8, 4) is 0 Å². The highest BCUT2D eigenvalue weighted by Gasteiger charge is 2.24. The Kier molecular flexibility index (Phi) is 9.10. The molecule has 1 heterocycles. The van der Waals surface area contributed by atoms with Crippen LogP contribution in [0.5, 0.6) is 0 Å². The molecule has 0 spiro atoms. The fourth-order valence-electron chi connectivity index (χ4n) is 1.85. The van der Waals surface area contributed by atoms with E-state index in [-0.39, 0.29) is 17.7 Å². The summed E-state index contributed by atoms with van der Waals surface area (Å²) in [5.41, 5.74) is 5.83. The summed E-state index contributed by atoms with van der Waals surface area (Å²) in [6.07, 6.45) is 4.32. The number of rotatable bonds is 5. The van der Waals surface area contributed by atoms with Crippen LogP contribution >= 0.6 is 24.2 Å². The Bertz CT molecular complexity index is 221. The fraction of sp³-hybridized carbons (Fsp3) is 0.917. The summed E-state index contributed by atoms with van der Waals surface area (Å²) in [4.78, 5) is 14.0. The normalized spacial score (nSPS) is 18.6. The highest BCUT2D eigenvalue weighted by atomic mass is 35.5. The lowest BCUT2D eigenvalue weighted by molar-refractivity contribution is -0.131. The molecular weight excluding hydrogens is 256 g/mol. The average molecular weight is 281 g/mol. The van der Waals surface area contributed by atoms with E-state index in [1.807, 2.05) is 11.8 Å². The summed E-state index contributed by atoms with van der Waals surface area (Å²) in [6.45, 7) is 5.90. The fourth-order valence-corrected chi connectivity index (χ4v) is 2.95. The number of thioether (sulfide) groups is 1. The van der Waals surface area contributed by atoms with Gasteiger partial charge in [-0.1, -0.05) is 13.3 Å². The topological polar surface area (TPSA) is 46.3 Å². The Morgan fingerprint density at radius 3 is 2.59 bits per heavy atom. The molecule has 1 atom stereocenters. The van der Waals surface area contributed by atoms with E-state index in [9.17, 15) is 4.79 Å². The monoisotopic (exact) mass is 280 g/mol. The molecule has 1 fully saturated rings. The van der Waals surface area contributed by atoms with E-state index < -0.39 is 0 Å². The molecule has 1 saturated heterocycles. The molecule has 5 heteroatoms. The van der Waals surface area contributed by atoms with E-state index in [1.54, 1.807) is 11.8 Å². The van der Waals surface area contributed by atoms with E-state index in [2.05, 4.69) is 6.92 Å². The van der Waals surface area contributed by atoms with E-state index in [1.165, 1.54) is 12.8 Å². The van der Waals surface area contributed by atoms with Gasteiger partial charge in [-0.05, 0) is 31.9 Å². The predicted octanol–water partition coefficient (Wildman–Crippen LogP) is 2.28. The number of nitrogens with two attached hydrogens (primary N) is 1. The number of nitrogens with zero attached hydrogens (tertiary/aromatic N) is 1. The van der Waals surface area contributed by atoms with Gasteiger partial charge in [0.05, 0.1) is 5.25 Å². The Balaban J connectivity index is 0.00000256. The van der Waals surface area contributed by atoms with Gasteiger partial charge >= 0.3 is 0 Å². The predicted molar refractivity (Wildman–Crippen MR) is 77.9 cm³/mol. The smallest absolute Gasteiger partial charge is 0.235 e. The molecule has 0 bridgehead atoms. The summed E-state index contributed by atoms with van der Waals surface area (Å²) >= 11 is 1.78. The lowest BCUT2D eigenvalue weighted by Crippen LogP contribution is -2.45. The second-order valence-electron chi connectivity index (χ2n) is 4.53. The van der Waals surface area contributed by atoms with Crippen LogP contribution in [0.25, 0.3) is 0 Å². The molecule has 0 radical (unpaired) electrons. The lowest BCUT2D eigenvalue weighted by atomic mass is 10.1. The summed E-state index contributed by atoms with van der Waals surface area (Å²) < 4.78 is 0. The third kappa shape index (κ3) is 5.98. The van der Waals surface area contributed by atoms with Crippen molar-refractivity contribution in [1.82, 2.24) is 4.90 Å². The Labute approximate surface area is 115 Å². The third-order valence-corrected chi connectivity index (χ3v) is 4.29. The number of carbonyl (C=O) groups excluding carboxylic acids is 1. The van der Waals surface area contributed by atoms with Gasteiger partial charge in [0, 0.05) is 19.1 Å². The molecule has 3 nitrogen and oxygen atoms in total. The van der Waals surface area contributed by atoms with Crippen molar-refractivity contribution in [2.24, 2.45) is 5.73 Å². The van der Waals surface area contributed by atoms with E-state index in [0.29, 0.717) is 11.9 Å². The van der Waals surface area contributed by atoms with Gasteiger partial charge in [0.25, 0.3) is 0 Å². The first-order valence-electron chi connectivity index (χ1n) is 6.31. The maximum atomic E-state index is 12.1. The van der Waals surface area contributed by atoms with Crippen LogP contribution in [0.2, 0.25) is 0 Å². The van der Waals surface area contributed by atoms with Gasteiger partial charge in [0.1, 0.15) is 0 Å². The van der Waals surface area contributed by atoms with Gasteiger partial charge in [-0.25, -0.2) is 0 Å². The zero-order valence-electron chi connectivity index (χ0n) is 10.9. The molecule has 0 aromatic heterocycles. The zero-order valence-corrected chi connectivity index (χ0v) is 12.5. The number of amides is 1. The molecule has 1 amide bonds. The number of halogens is 1. The molecule has 1 unspecified atom stereocenters. The molecule has 17 heavy (non-hydrogen) atoms. The minimum atomic E-state index is 0. The second-order valence-corrected chi connectivity index (χ2v) is 5.98. The summed E-state index contributed by atoms with van der Waals surface area (Å²) in [5, 5.41) is 0.112. The van der Waals surface area contributed by atoms with Crippen molar-refractivity contribution in [1.29, 1.82) is 0 Å². The number of likely N-dealkylation sites (tertiary alicyclic amines) is 1. The summed E-state index contributed by atoms with van der Waals surface area (Å²) in [5.74, 6) is 1.39. The number of hydrogen-bond acceptors (Lipinski definition) is 3. The molecule has 0 aromatic carbocycles. The van der Waals surface area contributed by atoms with Crippen LogP contribution in [-0.4, -0.2) is 40.9 Å². The molecular formula is C12H25ClN2OS. The zero-order chi connectivity index (χ0) is 12.0.